The predicted octanol–water partition coefficient (Wildman–Crippen LogP) is 2.22. The highest BCUT2D eigenvalue weighted by atomic mass is 16.5. The molecule has 136 valence electrons. The SMILES string of the molecule is Cc1ccc(C(=O)N2CCOC[C@H]2c2nccc(NCC3CC3)n2)cn1. The first-order valence-corrected chi connectivity index (χ1v) is 9.09. The molecule has 1 saturated carbocycles. The number of rotatable bonds is 5. The molecule has 1 amide bonds. The summed E-state index contributed by atoms with van der Waals surface area (Å²) >= 11 is 0. The van der Waals surface area contributed by atoms with Crippen LogP contribution in [0.2, 0.25) is 0 Å². The summed E-state index contributed by atoms with van der Waals surface area (Å²) < 4.78 is 5.61. The molecule has 0 radical (unpaired) electrons. The van der Waals surface area contributed by atoms with Gasteiger partial charge >= 0.3 is 0 Å². The van der Waals surface area contributed by atoms with E-state index >= 15 is 0 Å². The van der Waals surface area contributed by atoms with Crippen molar-refractivity contribution in [2.24, 2.45) is 5.92 Å². The molecule has 7 nitrogen and oxygen atoms in total. The van der Waals surface area contributed by atoms with Crippen LogP contribution in [0, 0.1) is 12.8 Å². The fraction of sp³-hybridized carbons (Fsp3) is 0.474. The lowest BCUT2D eigenvalue weighted by atomic mass is 10.1. The molecule has 4 rings (SSSR count). The van der Waals surface area contributed by atoms with Crippen LogP contribution < -0.4 is 5.32 Å². The molecule has 3 heterocycles. The number of pyridine rings is 1. The van der Waals surface area contributed by atoms with E-state index in [1.165, 1.54) is 12.8 Å². The summed E-state index contributed by atoms with van der Waals surface area (Å²) in [6.07, 6.45) is 5.93. The fourth-order valence-electron chi connectivity index (χ4n) is 3.02. The van der Waals surface area contributed by atoms with Gasteiger partial charge in [0.25, 0.3) is 5.91 Å². The Morgan fingerprint density at radius 1 is 1.31 bits per heavy atom. The van der Waals surface area contributed by atoms with E-state index in [1.807, 2.05) is 25.1 Å². The Morgan fingerprint density at radius 3 is 2.96 bits per heavy atom. The van der Waals surface area contributed by atoms with Crippen molar-refractivity contribution >= 4 is 11.7 Å². The van der Waals surface area contributed by atoms with Crippen LogP contribution in [0.1, 0.15) is 40.8 Å². The minimum absolute atomic E-state index is 0.0641. The summed E-state index contributed by atoms with van der Waals surface area (Å²) in [7, 11) is 0. The Kier molecular flexibility index (Phi) is 4.79. The highest BCUT2D eigenvalue weighted by Crippen LogP contribution is 2.29. The van der Waals surface area contributed by atoms with Crippen molar-refractivity contribution in [3.63, 3.8) is 0 Å². The molecule has 0 unspecified atom stereocenters. The number of aryl methyl sites for hydroxylation is 1. The molecular weight excluding hydrogens is 330 g/mol. The summed E-state index contributed by atoms with van der Waals surface area (Å²) in [5.41, 5.74) is 1.46. The van der Waals surface area contributed by atoms with E-state index in [-0.39, 0.29) is 11.9 Å². The molecule has 0 spiro atoms. The molecule has 0 aromatic carbocycles. The number of carbonyl (C=O) groups is 1. The highest BCUT2D eigenvalue weighted by Gasteiger charge is 2.31. The number of nitrogens with one attached hydrogen (secondary N) is 1. The Bertz CT molecular complexity index is 776. The number of hydrogen-bond acceptors (Lipinski definition) is 6. The molecule has 0 bridgehead atoms. The molecule has 2 aromatic rings. The van der Waals surface area contributed by atoms with Crippen molar-refractivity contribution < 1.29 is 9.53 Å². The van der Waals surface area contributed by atoms with E-state index < -0.39 is 0 Å². The number of amides is 1. The number of nitrogens with zero attached hydrogens (tertiary/aromatic N) is 4. The number of ether oxygens (including phenoxy) is 1. The van der Waals surface area contributed by atoms with Gasteiger partial charge in [0.05, 0.1) is 18.8 Å². The maximum Gasteiger partial charge on any atom is 0.256 e. The third kappa shape index (κ3) is 3.83. The van der Waals surface area contributed by atoms with Crippen molar-refractivity contribution in [3.8, 4) is 0 Å². The molecule has 2 fully saturated rings. The minimum Gasteiger partial charge on any atom is -0.377 e. The van der Waals surface area contributed by atoms with Crippen LogP contribution in [-0.2, 0) is 4.74 Å². The second-order valence-electron chi connectivity index (χ2n) is 6.90. The maximum atomic E-state index is 13.0. The van der Waals surface area contributed by atoms with Crippen LogP contribution >= 0.6 is 0 Å². The standard InChI is InChI=1S/C19H23N5O2/c1-13-2-5-15(11-21-13)19(25)24-8-9-26-12-16(24)18-20-7-6-17(23-18)22-10-14-3-4-14/h2,5-7,11,14,16H,3-4,8-10,12H2,1H3,(H,20,22,23)/t16-/m0/s1. The zero-order valence-corrected chi connectivity index (χ0v) is 14.9. The normalized spacial score (nSPS) is 20.0. The van der Waals surface area contributed by atoms with Crippen molar-refractivity contribution in [1.29, 1.82) is 0 Å². The predicted molar refractivity (Wildman–Crippen MR) is 96.8 cm³/mol. The van der Waals surface area contributed by atoms with Gasteiger partial charge in [0.1, 0.15) is 11.9 Å². The lowest BCUT2D eigenvalue weighted by Crippen LogP contribution is -2.44. The van der Waals surface area contributed by atoms with E-state index in [0.29, 0.717) is 31.1 Å². The lowest BCUT2D eigenvalue weighted by Gasteiger charge is -2.34. The van der Waals surface area contributed by atoms with Gasteiger partial charge in [0, 0.05) is 31.2 Å². The summed E-state index contributed by atoms with van der Waals surface area (Å²) in [5, 5.41) is 3.36. The van der Waals surface area contributed by atoms with Gasteiger partial charge in [-0.25, -0.2) is 9.97 Å². The third-order valence-electron chi connectivity index (χ3n) is 4.79. The molecule has 7 heteroatoms. The molecule has 1 saturated heterocycles. The van der Waals surface area contributed by atoms with Crippen LogP contribution in [0.4, 0.5) is 5.82 Å². The number of anilines is 1. The molecular formula is C19H23N5O2. The molecule has 2 aromatic heterocycles. The van der Waals surface area contributed by atoms with Crippen LogP contribution in [0.5, 0.6) is 0 Å². The summed E-state index contributed by atoms with van der Waals surface area (Å²) in [4.78, 5) is 28.0. The van der Waals surface area contributed by atoms with E-state index in [9.17, 15) is 4.79 Å². The number of carbonyl (C=O) groups excluding carboxylic acids is 1. The fourth-order valence-corrected chi connectivity index (χ4v) is 3.02. The largest absolute Gasteiger partial charge is 0.377 e. The van der Waals surface area contributed by atoms with Crippen LogP contribution in [0.15, 0.2) is 30.6 Å². The second-order valence-corrected chi connectivity index (χ2v) is 6.90. The average Bonchev–Trinajstić information content (AvgIpc) is 3.51. The number of aromatic nitrogens is 3. The van der Waals surface area contributed by atoms with Crippen molar-refractivity contribution in [1.82, 2.24) is 19.9 Å². The van der Waals surface area contributed by atoms with Gasteiger partial charge in [0.15, 0.2) is 5.82 Å². The number of morpholine rings is 1. The van der Waals surface area contributed by atoms with E-state index in [0.717, 1.165) is 24.0 Å². The zero-order chi connectivity index (χ0) is 17.9. The topological polar surface area (TPSA) is 80.2 Å². The van der Waals surface area contributed by atoms with E-state index in [4.69, 9.17) is 4.74 Å². The van der Waals surface area contributed by atoms with Gasteiger partial charge in [-0.3, -0.25) is 9.78 Å². The van der Waals surface area contributed by atoms with Gasteiger partial charge in [-0.15, -0.1) is 0 Å². The van der Waals surface area contributed by atoms with Gasteiger partial charge in [-0.1, -0.05) is 0 Å². The molecule has 1 atom stereocenters. The molecule has 1 aliphatic heterocycles. The Labute approximate surface area is 152 Å². The first-order valence-electron chi connectivity index (χ1n) is 9.09. The first kappa shape index (κ1) is 16.9. The quantitative estimate of drug-likeness (QED) is 0.888. The van der Waals surface area contributed by atoms with Gasteiger partial charge < -0.3 is 15.0 Å². The smallest absolute Gasteiger partial charge is 0.256 e. The Balaban J connectivity index is 1.53. The van der Waals surface area contributed by atoms with Gasteiger partial charge in [-0.2, -0.15) is 0 Å². The Hall–Kier alpha value is -2.54. The summed E-state index contributed by atoms with van der Waals surface area (Å²) in [5.74, 6) is 2.11. The minimum atomic E-state index is -0.291. The van der Waals surface area contributed by atoms with Crippen LogP contribution in [0.25, 0.3) is 0 Å². The van der Waals surface area contributed by atoms with Crippen molar-refractivity contribution in [2.45, 2.75) is 25.8 Å². The highest BCUT2D eigenvalue weighted by molar-refractivity contribution is 5.94. The Morgan fingerprint density at radius 2 is 2.19 bits per heavy atom. The molecule has 2 aliphatic rings. The average molecular weight is 353 g/mol. The van der Waals surface area contributed by atoms with Crippen LogP contribution in [0.3, 0.4) is 0 Å². The molecule has 1 aliphatic carbocycles. The first-order chi connectivity index (χ1) is 12.7. The third-order valence-corrected chi connectivity index (χ3v) is 4.79. The molecule has 1 N–H and O–H groups in total. The second kappa shape index (κ2) is 7.37. The molecule has 26 heavy (non-hydrogen) atoms. The van der Waals surface area contributed by atoms with E-state index in [1.54, 1.807) is 17.3 Å². The van der Waals surface area contributed by atoms with Crippen LogP contribution in [-0.4, -0.2) is 52.1 Å². The van der Waals surface area contributed by atoms with Gasteiger partial charge in [-0.05, 0) is 43.9 Å². The van der Waals surface area contributed by atoms with Crippen molar-refractivity contribution in [3.05, 3.63) is 47.7 Å². The van der Waals surface area contributed by atoms with Gasteiger partial charge in [0.2, 0.25) is 0 Å². The zero-order valence-electron chi connectivity index (χ0n) is 14.9. The number of hydrogen-bond donors (Lipinski definition) is 1. The maximum absolute atomic E-state index is 13.0. The summed E-state index contributed by atoms with van der Waals surface area (Å²) in [6, 6.07) is 5.24. The monoisotopic (exact) mass is 353 g/mol. The lowest BCUT2D eigenvalue weighted by molar-refractivity contribution is -0.00521. The van der Waals surface area contributed by atoms with E-state index in [2.05, 4.69) is 20.3 Å². The van der Waals surface area contributed by atoms with Crippen molar-refractivity contribution in [2.75, 3.05) is 31.6 Å². The summed E-state index contributed by atoms with van der Waals surface area (Å²) in [6.45, 7) is 4.27.